The normalized spacial score (nSPS) is 13.9. The van der Waals surface area contributed by atoms with Crippen LogP contribution in [0.3, 0.4) is 0 Å². The van der Waals surface area contributed by atoms with E-state index in [1.807, 2.05) is 78.7 Å². The first-order chi connectivity index (χ1) is 17.0. The Bertz CT molecular complexity index is 1110. The van der Waals surface area contributed by atoms with Crippen LogP contribution in [0, 0.1) is 13.8 Å². The van der Waals surface area contributed by atoms with Gasteiger partial charge >= 0.3 is 6.03 Å². The summed E-state index contributed by atoms with van der Waals surface area (Å²) in [5.41, 5.74) is 4.08. The van der Waals surface area contributed by atoms with Crippen molar-refractivity contribution >= 4 is 29.0 Å². The number of anilines is 1. The highest BCUT2D eigenvalue weighted by molar-refractivity contribution is 7.09. The van der Waals surface area contributed by atoms with Crippen LogP contribution in [0.1, 0.15) is 53.7 Å². The summed E-state index contributed by atoms with van der Waals surface area (Å²) in [7, 11) is 0. The molecule has 4 rings (SSSR count). The van der Waals surface area contributed by atoms with Crippen LogP contribution in [-0.4, -0.2) is 34.3 Å². The van der Waals surface area contributed by atoms with Crippen molar-refractivity contribution in [2.45, 2.75) is 65.1 Å². The maximum atomic E-state index is 13.7. The van der Waals surface area contributed by atoms with Crippen molar-refractivity contribution in [3.8, 4) is 0 Å². The number of rotatable bonds is 8. The number of hydrogen-bond donors (Lipinski definition) is 1. The zero-order valence-electron chi connectivity index (χ0n) is 20.7. The summed E-state index contributed by atoms with van der Waals surface area (Å²) in [6.45, 7) is 5.21. The summed E-state index contributed by atoms with van der Waals surface area (Å²) in [5.74, 6) is -0.0241. The van der Waals surface area contributed by atoms with E-state index in [0.717, 1.165) is 52.9 Å². The number of amides is 3. The van der Waals surface area contributed by atoms with Gasteiger partial charge in [0.15, 0.2) is 0 Å². The van der Waals surface area contributed by atoms with Crippen LogP contribution in [0.25, 0.3) is 0 Å². The quantitative estimate of drug-likeness (QED) is 0.380. The minimum absolute atomic E-state index is 0.0241. The Kier molecular flexibility index (Phi) is 8.59. The molecular formula is C29H35N3O2S. The highest BCUT2D eigenvalue weighted by Crippen LogP contribution is 2.25. The Balaban J connectivity index is 1.54. The van der Waals surface area contributed by atoms with Gasteiger partial charge in [0.05, 0.1) is 6.54 Å². The molecule has 6 heteroatoms. The fraction of sp³-hybridized carbons (Fsp3) is 0.379. The average molecular weight is 490 g/mol. The summed E-state index contributed by atoms with van der Waals surface area (Å²) < 4.78 is 0. The molecule has 0 atom stereocenters. The molecule has 5 nitrogen and oxygen atoms in total. The van der Waals surface area contributed by atoms with Crippen molar-refractivity contribution in [1.29, 1.82) is 0 Å². The summed E-state index contributed by atoms with van der Waals surface area (Å²) >= 11 is 1.65. The lowest BCUT2D eigenvalue weighted by atomic mass is 9.94. The molecule has 0 bridgehead atoms. The number of carbonyl (C=O) groups excluding carboxylic acids is 2. The molecular weight excluding hydrogens is 454 g/mol. The topological polar surface area (TPSA) is 52.7 Å². The molecule has 1 aromatic heterocycles. The third-order valence-electron chi connectivity index (χ3n) is 6.92. The second-order valence-electron chi connectivity index (χ2n) is 9.41. The second kappa shape index (κ2) is 12.0. The lowest BCUT2D eigenvalue weighted by Gasteiger charge is -2.35. The number of thiophene rings is 1. The van der Waals surface area contributed by atoms with Crippen molar-refractivity contribution in [3.63, 3.8) is 0 Å². The van der Waals surface area contributed by atoms with Crippen LogP contribution in [0.15, 0.2) is 66.0 Å². The van der Waals surface area contributed by atoms with E-state index in [0.29, 0.717) is 13.1 Å². The molecule has 0 radical (unpaired) electrons. The smallest absolute Gasteiger partial charge is 0.322 e. The maximum absolute atomic E-state index is 13.7. The molecule has 0 unspecified atom stereocenters. The van der Waals surface area contributed by atoms with Crippen molar-refractivity contribution in [2.24, 2.45) is 0 Å². The van der Waals surface area contributed by atoms with E-state index in [4.69, 9.17) is 0 Å². The first kappa shape index (κ1) is 25.0. The lowest BCUT2D eigenvalue weighted by Crippen LogP contribution is -2.49. The largest absolute Gasteiger partial charge is 0.332 e. The number of carbonyl (C=O) groups is 2. The van der Waals surface area contributed by atoms with Crippen LogP contribution in [0.4, 0.5) is 10.5 Å². The number of benzene rings is 2. The minimum Gasteiger partial charge on any atom is -0.332 e. The van der Waals surface area contributed by atoms with Gasteiger partial charge < -0.3 is 15.1 Å². The fourth-order valence-electron chi connectivity index (χ4n) is 4.71. The summed E-state index contributed by atoms with van der Waals surface area (Å²) in [5, 5.41) is 5.14. The molecule has 3 aromatic rings. The van der Waals surface area contributed by atoms with Crippen LogP contribution in [0.5, 0.6) is 0 Å². The highest BCUT2D eigenvalue weighted by Gasteiger charge is 2.29. The molecule has 0 aliphatic heterocycles. The van der Waals surface area contributed by atoms with E-state index >= 15 is 0 Å². The molecule has 1 N–H and O–H groups in total. The Labute approximate surface area is 212 Å². The third kappa shape index (κ3) is 6.73. The first-order valence-electron chi connectivity index (χ1n) is 12.5. The number of hydrogen-bond acceptors (Lipinski definition) is 3. The molecule has 1 heterocycles. The summed E-state index contributed by atoms with van der Waals surface area (Å²) in [6.07, 6.45) is 5.26. The van der Waals surface area contributed by atoms with Gasteiger partial charge in [-0.15, -0.1) is 11.3 Å². The molecule has 1 saturated carbocycles. The standard InChI is InChI=1S/C29H35N3O2S/c1-22-11-9-17-27(23(22)2)30-29(34)32(25-14-7-4-8-15-25)21-28(33)31(20-26-16-10-18-35-26)19-24-12-5-3-6-13-24/h3,5-6,9-13,16-18,25H,4,7-8,14-15,19-21H2,1-2H3,(H,30,34). The monoisotopic (exact) mass is 489 g/mol. The molecule has 35 heavy (non-hydrogen) atoms. The van der Waals surface area contributed by atoms with E-state index in [9.17, 15) is 9.59 Å². The van der Waals surface area contributed by atoms with Gasteiger partial charge in [-0.1, -0.05) is 67.8 Å². The molecule has 2 aromatic carbocycles. The molecule has 0 saturated heterocycles. The molecule has 3 amide bonds. The second-order valence-corrected chi connectivity index (χ2v) is 10.4. The van der Waals surface area contributed by atoms with Gasteiger partial charge in [0.1, 0.15) is 6.54 Å². The maximum Gasteiger partial charge on any atom is 0.322 e. The average Bonchev–Trinajstić information content (AvgIpc) is 3.39. The zero-order chi connectivity index (χ0) is 24.6. The minimum atomic E-state index is -0.185. The fourth-order valence-corrected chi connectivity index (χ4v) is 5.42. The van der Waals surface area contributed by atoms with Gasteiger partial charge in [-0.25, -0.2) is 4.79 Å². The van der Waals surface area contributed by atoms with Crippen LogP contribution in [0.2, 0.25) is 0 Å². The van der Waals surface area contributed by atoms with Gasteiger partial charge in [0.25, 0.3) is 0 Å². The van der Waals surface area contributed by atoms with Gasteiger partial charge in [0, 0.05) is 23.2 Å². The summed E-state index contributed by atoms with van der Waals surface area (Å²) in [4.78, 5) is 32.1. The van der Waals surface area contributed by atoms with E-state index in [1.165, 1.54) is 6.42 Å². The number of urea groups is 1. The summed E-state index contributed by atoms with van der Waals surface area (Å²) in [6, 6.07) is 19.9. The van der Waals surface area contributed by atoms with Gasteiger partial charge in [-0.2, -0.15) is 0 Å². The van der Waals surface area contributed by atoms with Gasteiger partial charge in [-0.3, -0.25) is 4.79 Å². The van der Waals surface area contributed by atoms with Crippen molar-refractivity contribution in [1.82, 2.24) is 9.80 Å². The number of nitrogens with zero attached hydrogens (tertiary/aromatic N) is 2. The molecule has 1 aliphatic rings. The predicted octanol–water partition coefficient (Wildman–Crippen LogP) is 6.76. The Morgan fingerprint density at radius 3 is 2.40 bits per heavy atom. The van der Waals surface area contributed by atoms with E-state index < -0.39 is 0 Å². The Morgan fingerprint density at radius 1 is 0.914 bits per heavy atom. The first-order valence-corrected chi connectivity index (χ1v) is 13.4. The number of nitrogens with one attached hydrogen (secondary N) is 1. The lowest BCUT2D eigenvalue weighted by molar-refractivity contribution is -0.133. The highest BCUT2D eigenvalue weighted by atomic mass is 32.1. The number of aryl methyl sites for hydroxylation is 1. The van der Waals surface area contributed by atoms with Crippen molar-refractivity contribution in [3.05, 3.63) is 87.6 Å². The van der Waals surface area contributed by atoms with Crippen LogP contribution in [-0.2, 0) is 17.9 Å². The van der Waals surface area contributed by atoms with E-state index in [1.54, 1.807) is 16.2 Å². The Hall–Kier alpha value is -3.12. The third-order valence-corrected chi connectivity index (χ3v) is 7.79. The van der Waals surface area contributed by atoms with Gasteiger partial charge in [-0.05, 0) is 60.9 Å². The van der Waals surface area contributed by atoms with Crippen molar-refractivity contribution < 1.29 is 9.59 Å². The van der Waals surface area contributed by atoms with Crippen LogP contribution < -0.4 is 5.32 Å². The molecule has 1 aliphatic carbocycles. The molecule has 0 spiro atoms. The van der Waals surface area contributed by atoms with E-state index in [2.05, 4.69) is 11.4 Å². The Morgan fingerprint density at radius 2 is 1.69 bits per heavy atom. The van der Waals surface area contributed by atoms with Crippen molar-refractivity contribution in [2.75, 3.05) is 11.9 Å². The predicted molar refractivity (Wildman–Crippen MR) is 144 cm³/mol. The van der Waals surface area contributed by atoms with E-state index in [-0.39, 0.29) is 24.5 Å². The van der Waals surface area contributed by atoms with Gasteiger partial charge in [0.2, 0.25) is 5.91 Å². The zero-order valence-corrected chi connectivity index (χ0v) is 21.5. The molecule has 1 fully saturated rings. The molecule has 184 valence electrons. The SMILES string of the molecule is Cc1cccc(NC(=O)N(CC(=O)N(Cc2ccccc2)Cc2cccs2)C2CCCCC2)c1C. The van der Waals surface area contributed by atoms with Crippen LogP contribution >= 0.6 is 11.3 Å².